The van der Waals surface area contributed by atoms with Crippen molar-refractivity contribution in [3.05, 3.63) is 48.0 Å². The second kappa shape index (κ2) is 5.06. The Labute approximate surface area is 121 Å². The first-order valence-corrected chi connectivity index (χ1v) is 7.37. The van der Waals surface area contributed by atoms with Crippen LogP contribution in [0.4, 0.5) is 0 Å². The maximum Gasteiger partial charge on any atom is 0.110 e. The van der Waals surface area contributed by atoms with Crippen molar-refractivity contribution < 1.29 is 0 Å². The Morgan fingerprint density at radius 1 is 1.30 bits per heavy atom. The molecule has 20 heavy (non-hydrogen) atoms. The van der Waals surface area contributed by atoms with Crippen LogP contribution < -0.4 is 5.32 Å². The molecule has 1 aromatic heterocycles. The summed E-state index contributed by atoms with van der Waals surface area (Å²) in [6.45, 7) is 8.73. The van der Waals surface area contributed by atoms with Crippen LogP contribution in [0.3, 0.4) is 0 Å². The molecule has 2 aromatic rings. The molecule has 0 bridgehead atoms. The minimum Gasteiger partial charge on any atom is -0.311 e. The van der Waals surface area contributed by atoms with Crippen molar-refractivity contribution in [3.63, 3.8) is 0 Å². The van der Waals surface area contributed by atoms with Crippen molar-refractivity contribution >= 4 is 0 Å². The number of para-hydroxylation sites is 1. The zero-order chi connectivity index (χ0) is 14.2. The standard InChI is InChI=1S/C17H23N3/c1-13-19-12-16(11-18-10-14-9-17(14,2)3)20(13)15-7-5-4-6-8-15/h4-8,12,14,18H,9-11H2,1-3H3. The Morgan fingerprint density at radius 3 is 2.65 bits per heavy atom. The molecule has 1 heterocycles. The summed E-state index contributed by atoms with van der Waals surface area (Å²) in [6.07, 6.45) is 3.32. The molecule has 3 rings (SSSR count). The topological polar surface area (TPSA) is 29.9 Å². The molecule has 0 amide bonds. The molecule has 0 aliphatic heterocycles. The first-order chi connectivity index (χ1) is 9.58. The lowest BCUT2D eigenvalue weighted by atomic mass is 10.1. The van der Waals surface area contributed by atoms with Crippen LogP contribution in [0.1, 0.15) is 31.8 Å². The average molecular weight is 269 g/mol. The monoisotopic (exact) mass is 269 g/mol. The van der Waals surface area contributed by atoms with Crippen LogP contribution >= 0.6 is 0 Å². The summed E-state index contributed by atoms with van der Waals surface area (Å²) in [7, 11) is 0. The van der Waals surface area contributed by atoms with Crippen molar-refractivity contribution in [3.8, 4) is 5.69 Å². The zero-order valence-electron chi connectivity index (χ0n) is 12.6. The molecule has 1 unspecified atom stereocenters. The van der Waals surface area contributed by atoms with Crippen LogP contribution in [-0.4, -0.2) is 16.1 Å². The van der Waals surface area contributed by atoms with Gasteiger partial charge in [0.25, 0.3) is 0 Å². The maximum absolute atomic E-state index is 4.46. The first kappa shape index (κ1) is 13.4. The molecule has 1 fully saturated rings. The van der Waals surface area contributed by atoms with Crippen molar-refractivity contribution in [2.75, 3.05) is 6.54 Å². The average Bonchev–Trinajstić information content (AvgIpc) is 2.87. The summed E-state index contributed by atoms with van der Waals surface area (Å²) in [5.41, 5.74) is 2.96. The van der Waals surface area contributed by atoms with Gasteiger partial charge >= 0.3 is 0 Å². The fourth-order valence-corrected chi connectivity index (χ4v) is 2.84. The molecule has 1 atom stereocenters. The fraction of sp³-hybridized carbons (Fsp3) is 0.471. The highest BCUT2D eigenvalue weighted by atomic mass is 15.1. The largest absolute Gasteiger partial charge is 0.311 e. The number of imidazole rings is 1. The molecule has 1 aromatic carbocycles. The Hall–Kier alpha value is -1.61. The third-order valence-electron chi connectivity index (χ3n) is 4.44. The number of nitrogens with zero attached hydrogens (tertiary/aromatic N) is 2. The van der Waals surface area contributed by atoms with Crippen LogP contribution in [0, 0.1) is 18.3 Å². The van der Waals surface area contributed by atoms with Crippen molar-refractivity contribution in [2.24, 2.45) is 11.3 Å². The lowest BCUT2D eigenvalue weighted by Gasteiger charge is -2.11. The summed E-state index contributed by atoms with van der Waals surface area (Å²) >= 11 is 0. The molecule has 0 saturated heterocycles. The quantitative estimate of drug-likeness (QED) is 0.902. The van der Waals surface area contributed by atoms with Gasteiger partial charge in [0.1, 0.15) is 5.82 Å². The van der Waals surface area contributed by atoms with Crippen molar-refractivity contribution in [1.29, 1.82) is 0 Å². The van der Waals surface area contributed by atoms with Gasteiger partial charge in [-0.15, -0.1) is 0 Å². The van der Waals surface area contributed by atoms with Gasteiger partial charge < -0.3 is 5.32 Å². The van der Waals surface area contributed by atoms with E-state index in [0.29, 0.717) is 5.41 Å². The highest BCUT2D eigenvalue weighted by Gasteiger charge is 2.44. The number of hydrogen-bond acceptors (Lipinski definition) is 2. The molecule has 0 spiro atoms. The van der Waals surface area contributed by atoms with E-state index >= 15 is 0 Å². The highest BCUT2D eigenvalue weighted by molar-refractivity contribution is 5.35. The second-order valence-corrected chi connectivity index (χ2v) is 6.49. The van der Waals surface area contributed by atoms with Gasteiger partial charge in [-0.3, -0.25) is 4.57 Å². The lowest BCUT2D eigenvalue weighted by molar-refractivity contribution is 0.516. The van der Waals surface area contributed by atoms with Gasteiger partial charge in [-0.1, -0.05) is 32.0 Å². The van der Waals surface area contributed by atoms with Gasteiger partial charge in [0.2, 0.25) is 0 Å². The molecule has 1 saturated carbocycles. The smallest absolute Gasteiger partial charge is 0.110 e. The Bertz CT molecular complexity index is 584. The molecule has 1 aliphatic carbocycles. The van der Waals surface area contributed by atoms with Crippen LogP contribution in [0.25, 0.3) is 5.69 Å². The van der Waals surface area contributed by atoms with Gasteiger partial charge in [-0.2, -0.15) is 0 Å². The van der Waals surface area contributed by atoms with Gasteiger partial charge in [-0.05, 0) is 43.4 Å². The van der Waals surface area contributed by atoms with Gasteiger partial charge in [0.15, 0.2) is 0 Å². The summed E-state index contributed by atoms with van der Waals surface area (Å²) in [6, 6.07) is 10.4. The van der Waals surface area contributed by atoms with Crippen LogP contribution in [0.5, 0.6) is 0 Å². The minimum atomic E-state index is 0.544. The molecule has 1 N–H and O–H groups in total. The molecule has 106 valence electrons. The van der Waals surface area contributed by atoms with Crippen LogP contribution in [-0.2, 0) is 6.54 Å². The minimum absolute atomic E-state index is 0.544. The van der Waals surface area contributed by atoms with Crippen molar-refractivity contribution in [2.45, 2.75) is 33.7 Å². The summed E-state index contributed by atoms with van der Waals surface area (Å²) in [4.78, 5) is 4.46. The van der Waals surface area contributed by atoms with E-state index in [2.05, 4.69) is 59.9 Å². The first-order valence-electron chi connectivity index (χ1n) is 7.37. The molecular weight excluding hydrogens is 246 g/mol. The van der Waals surface area contributed by atoms with E-state index in [1.807, 2.05) is 12.3 Å². The number of aromatic nitrogens is 2. The van der Waals surface area contributed by atoms with E-state index < -0.39 is 0 Å². The predicted molar refractivity (Wildman–Crippen MR) is 81.9 cm³/mol. The molecule has 1 aliphatic rings. The number of aryl methyl sites for hydroxylation is 1. The number of nitrogens with one attached hydrogen (secondary N) is 1. The number of hydrogen-bond donors (Lipinski definition) is 1. The Balaban J connectivity index is 1.68. The normalized spacial score (nSPS) is 20.1. The van der Waals surface area contributed by atoms with E-state index in [1.165, 1.54) is 17.8 Å². The maximum atomic E-state index is 4.46. The van der Waals surface area contributed by atoms with E-state index in [-0.39, 0.29) is 0 Å². The third kappa shape index (κ3) is 2.63. The SMILES string of the molecule is Cc1ncc(CNCC2CC2(C)C)n1-c1ccccc1. The second-order valence-electron chi connectivity index (χ2n) is 6.49. The predicted octanol–water partition coefficient (Wildman–Crippen LogP) is 3.32. The van der Waals surface area contributed by atoms with Crippen molar-refractivity contribution in [1.82, 2.24) is 14.9 Å². The van der Waals surface area contributed by atoms with Crippen LogP contribution in [0.15, 0.2) is 36.5 Å². The third-order valence-corrected chi connectivity index (χ3v) is 4.44. The molecule has 3 nitrogen and oxygen atoms in total. The van der Waals surface area contributed by atoms with E-state index in [0.717, 1.165) is 24.8 Å². The lowest BCUT2D eigenvalue weighted by Crippen LogP contribution is -2.20. The summed E-state index contributed by atoms with van der Waals surface area (Å²) in [5, 5.41) is 3.58. The molecular formula is C17H23N3. The fourth-order valence-electron chi connectivity index (χ4n) is 2.84. The Morgan fingerprint density at radius 2 is 2.00 bits per heavy atom. The number of benzene rings is 1. The molecule has 3 heteroatoms. The number of rotatable bonds is 5. The zero-order valence-corrected chi connectivity index (χ0v) is 12.6. The van der Waals surface area contributed by atoms with E-state index in [4.69, 9.17) is 0 Å². The highest BCUT2D eigenvalue weighted by Crippen LogP contribution is 2.50. The van der Waals surface area contributed by atoms with E-state index in [9.17, 15) is 0 Å². The van der Waals surface area contributed by atoms with Crippen LogP contribution in [0.2, 0.25) is 0 Å². The van der Waals surface area contributed by atoms with Gasteiger partial charge in [0, 0.05) is 12.2 Å². The molecule has 0 radical (unpaired) electrons. The Kier molecular flexibility index (Phi) is 3.38. The van der Waals surface area contributed by atoms with E-state index in [1.54, 1.807) is 0 Å². The summed E-state index contributed by atoms with van der Waals surface area (Å²) in [5.74, 6) is 1.87. The van der Waals surface area contributed by atoms with Gasteiger partial charge in [-0.25, -0.2) is 4.98 Å². The summed E-state index contributed by atoms with van der Waals surface area (Å²) < 4.78 is 2.23. The van der Waals surface area contributed by atoms with Gasteiger partial charge in [0.05, 0.1) is 11.9 Å².